The first-order valence-electron chi connectivity index (χ1n) is 4.97. The Kier molecular flexibility index (Phi) is 2.26. The second-order valence-electron chi connectivity index (χ2n) is 3.87. The summed E-state index contributed by atoms with van der Waals surface area (Å²) in [5.41, 5.74) is -0.183. The maximum absolute atomic E-state index is 11.9. The minimum absolute atomic E-state index is 0.183. The van der Waals surface area contributed by atoms with Crippen LogP contribution in [-0.2, 0) is 4.79 Å². The molecule has 2 aliphatic rings. The van der Waals surface area contributed by atoms with Crippen molar-refractivity contribution in [3.63, 3.8) is 0 Å². The van der Waals surface area contributed by atoms with Crippen molar-refractivity contribution in [2.45, 2.75) is 18.4 Å². The molecule has 0 spiro atoms. The van der Waals surface area contributed by atoms with Crippen molar-refractivity contribution in [3.05, 3.63) is 0 Å². The lowest BCUT2D eigenvalue weighted by molar-refractivity contribution is -0.135. The quantitative estimate of drug-likeness (QED) is 0.587. The number of hydrogen-bond acceptors (Lipinski definition) is 3. The van der Waals surface area contributed by atoms with Crippen LogP contribution in [0.5, 0.6) is 0 Å². The van der Waals surface area contributed by atoms with Gasteiger partial charge in [-0.25, -0.2) is 0 Å². The van der Waals surface area contributed by atoms with Crippen molar-refractivity contribution in [1.29, 1.82) is 0 Å². The number of piperazine rings is 1. The van der Waals surface area contributed by atoms with Crippen LogP contribution < -0.4 is 10.6 Å². The van der Waals surface area contributed by atoms with E-state index in [-0.39, 0.29) is 5.54 Å². The molecule has 0 atom stereocenters. The van der Waals surface area contributed by atoms with Gasteiger partial charge in [-0.15, -0.1) is 0 Å². The molecular weight excluding hydrogens is 166 g/mol. The fourth-order valence-corrected chi connectivity index (χ4v) is 1.87. The fourth-order valence-electron chi connectivity index (χ4n) is 1.87. The van der Waals surface area contributed by atoms with E-state index in [1.54, 1.807) is 0 Å². The summed E-state index contributed by atoms with van der Waals surface area (Å²) < 4.78 is 0. The highest BCUT2D eigenvalue weighted by molar-refractivity contribution is 5.89. The van der Waals surface area contributed by atoms with Gasteiger partial charge in [-0.05, 0) is 19.9 Å². The minimum Gasteiger partial charge on any atom is -0.339 e. The number of amides is 1. The summed E-state index contributed by atoms with van der Waals surface area (Å²) >= 11 is 0. The molecule has 0 aromatic rings. The second-order valence-corrected chi connectivity index (χ2v) is 3.87. The van der Waals surface area contributed by atoms with Gasteiger partial charge >= 0.3 is 0 Å². The van der Waals surface area contributed by atoms with Gasteiger partial charge in [-0.3, -0.25) is 4.79 Å². The highest BCUT2D eigenvalue weighted by Crippen LogP contribution is 2.36. The van der Waals surface area contributed by atoms with Crippen molar-refractivity contribution < 1.29 is 4.79 Å². The zero-order valence-corrected chi connectivity index (χ0v) is 8.10. The van der Waals surface area contributed by atoms with Gasteiger partial charge in [0.2, 0.25) is 5.91 Å². The molecule has 0 unspecified atom stereocenters. The average Bonchev–Trinajstić information content (AvgIpc) is 2.99. The molecule has 13 heavy (non-hydrogen) atoms. The summed E-state index contributed by atoms with van der Waals surface area (Å²) in [5.74, 6) is 0.302. The molecule has 1 aliphatic heterocycles. The minimum atomic E-state index is -0.183. The van der Waals surface area contributed by atoms with Crippen LogP contribution >= 0.6 is 0 Å². The van der Waals surface area contributed by atoms with E-state index in [4.69, 9.17) is 0 Å². The molecule has 0 aromatic heterocycles. The first-order valence-corrected chi connectivity index (χ1v) is 4.97. The van der Waals surface area contributed by atoms with Crippen LogP contribution in [0.3, 0.4) is 0 Å². The molecular formula is C9H17N3O. The molecule has 2 fully saturated rings. The third kappa shape index (κ3) is 1.56. The third-order valence-electron chi connectivity index (χ3n) is 3.04. The molecule has 0 radical (unpaired) electrons. The van der Waals surface area contributed by atoms with Crippen LogP contribution in [0.1, 0.15) is 12.8 Å². The maximum Gasteiger partial charge on any atom is 0.242 e. The van der Waals surface area contributed by atoms with E-state index in [0.29, 0.717) is 5.91 Å². The van der Waals surface area contributed by atoms with E-state index in [2.05, 4.69) is 10.6 Å². The Morgan fingerprint density at radius 2 is 2.00 bits per heavy atom. The van der Waals surface area contributed by atoms with Crippen LogP contribution in [0.4, 0.5) is 0 Å². The van der Waals surface area contributed by atoms with E-state index >= 15 is 0 Å². The zero-order valence-electron chi connectivity index (χ0n) is 8.10. The van der Waals surface area contributed by atoms with Crippen molar-refractivity contribution in [2.24, 2.45) is 0 Å². The van der Waals surface area contributed by atoms with E-state index in [1.165, 1.54) is 0 Å². The molecule has 1 aliphatic carbocycles. The number of rotatable bonds is 2. The molecule has 1 saturated carbocycles. The molecule has 74 valence electrons. The smallest absolute Gasteiger partial charge is 0.242 e. The monoisotopic (exact) mass is 183 g/mol. The lowest BCUT2D eigenvalue weighted by atomic mass is 10.2. The summed E-state index contributed by atoms with van der Waals surface area (Å²) in [6.07, 6.45) is 2.01. The maximum atomic E-state index is 11.9. The molecule has 4 heteroatoms. The number of nitrogens with one attached hydrogen (secondary N) is 2. The van der Waals surface area contributed by atoms with Crippen LogP contribution in [0, 0.1) is 0 Å². The lowest BCUT2D eigenvalue weighted by Crippen LogP contribution is -2.53. The van der Waals surface area contributed by atoms with Crippen LogP contribution in [0.25, 0.3) is 0 Å². The Hall–Kier alpha value is -0.610. The number of nitrogens with zero attached hydrogens (tertiary/aromatic N) is 1. The topological polar surface area (TPSA) is 44.4 Å². The molecule has 2 rings (SSSR count). The number of hydrogen-bond donors (Lipinski definition) is 2. The van der Waals surface area contributed by atoms with Gasteiger partial charge in [0.05, 0.1) is 5.54 Å². The first-order chi connectivity index (χ1) is 6.28. The third-order valence-corrected chi connectivity index (χ3v) is 3.04. The molecule has 1 amide bonds. The Bertz CT molecular complexity index is 207. The van der Waals surface area contributed by atoms with Crippen molar-refractivity contribution in [2.75, 3.05) is 33.2 Å². The first kappa shape index (κ1) is 8.97. The number of carbonyl (C=O) groups excluding carboxylic acids is 1. The summed E-state index contributed by atoms with van der Waals surface area (Å²) in [4.78, 5) is 13.9. The Morgan fingerprint density at radius 3 is 2.46 bits per heavy atom. The SMILES string of the molecule is CNC1(C(=O)N2CCNCC2)CC1. The van der Waals surface area contributed by atoms with Crippen LogP contribution in [0.15, 0.2) is 0 Å². The van der Waals surface area contributed by atoms with Crippen LogP contribution in [-0.4, -0.2) is 49.6 Å². The molecule has 2 N–H and O–H groups in total. The van der Waals surface area contributed by atoms with Gasteiger partial charge in [0.1, 0.15) is 0 Å². The summed E-state index contributed by atoms with van der Waals surface area (Å²) in [5, 5.41) is 6.38. The van der Waals surface area contributed by atoms with Crippen LogP contribution in [0.2, 0.25) is 0 Å². The lowest BCUT2D eigenvalue weighted by Gasteiger charge is -2.30. The standard InChI is InChI=1S/C9H17N3O/c1-10-9(2-3-9)8(13)12-6-4-11-5-7-12/h10-11H,2-7H2,1H3. The largest absolute Gasteiger partial charge is 0.339 e. The van der Waals surface area contributed by atoms with Gasteiger partial charge in [0, 0.05) is 26.2 Å². The molecule has 1 heterocycles. The summed E-state index contributed by atoms with van der Waals surface area (Å²) in [6.45, 7) is 3.60. The van der Waals surface area contributed by atoms with Crippen molar-refractivity contribution in [3.8, 4) is 0 Å². The molecule has 0 bridgehead atoms. The van der Waals surface area contributed by atoms with E-state index in [1.807, 2.05) is 11.9 Å². The molecule has 4 nitrogen and oxygen atoms in total. The predicted molar refractivity (Wildman–Crippen MR) is 50.5 cm³/mol. The molecule has 1 saturated heterocycles. The van der Waals surface area contributed by atoms with Crippen molar-refractivity contribution >= 4 is 5.91 Å². The van der Waals surface area contributed by atoms with Gasteiger partial charge in [-0.2, -0.15) is 0 Å². The highest BCUT2D eigenvalue weighted by atomic mass is 16.2. The van der Waals surface area contributed by atoms with Gasteiger partial charge in [0.15, 0.2) is 0 Å². The van der Waals surface area contributed by atoms with Crippen molar-refractivity contribution in [1.82, 2.24) is 15.5 Å². The normalized spacial score (nSPS) is 25.8. The average molecular weight is 183 g/mol. The number of likely N-dealkylation sites (N-methyl/N-ethyl adjacent to an activating group) is 1. The Morgan fingerprint density at radius 1 is 1.38 bits per heavy atom. The Balaban J connectivity index is 1.95. The highest BCUT2D eigenvalue weighted by Gasteiger charge is 2.50. The fraction of sp³-hybridized carbons (Fsp3) is 0.889. The van der Waals surface area contributed by atoms with Gasteiger partial charge in [-0.1, -0.05) is 0 Å². The molecule has 0 aromatic carbocycles. The van der Waals surface area contributed by atoms with Gasteiger partial charge < -0.3 is 15.5 Å². The zero-order chi connectivity index (χ0) is 9.31. The summed E-state index contributed by atoms with van der Waals surface area (Å²) in [6, 6.07) is 0. The van der Waals surface area contributed by atoms with Gasteiger partial charge in [0.25, 0.3) is 0 Å². The summed E-state index contributed by atoms with van der Waals surface area (Å²) in [7, 11) is 1.88. The van der Waals surface area contributed by atoms with E-state index in [9.17, 15) is 4.79 Å². The van der Waals surface area contributed by atoms with E-state index in [0.717, 1.165) is 39.0 Å². The number of carbonyl (C=O) groups is 1. The Labute approximate surface area is 78.7 Å². The van der Waals surface area contributed by atoms with E-state index < -0.39 is 0 Å². The second kappa shape index (κ2) is 3.27. The predicted octanol–water partition coefficient (Wildman–Crippen LogP) is -0.830.